The third kappa shape index (κ3) is 50.3. The van der Waals surface area contributed by atoms with E-state index < -0.39 is 23.0 Å². The molecule has 0 aliphatic heterocycles. The molecule has 0 aromatic heterocycles. The Hall–Kier alpha value is -0.370. The van der Waals surface area contributed by atoms with Gasteiger partial charge in [0.2, 0.25) is 0 Å². The number of hydrogen-bond donors (Lipinski definition) is 0. The molecule has 0 saturated carbocycles. The van der Waals surface area contributed by atoms with Gasteiger partial charge in [-0.1, -0.05) is 0 Å². The Morgan fingerprint density at radius 1 is 1.23 bits per heavy atom. The molecular weight excluding hydrogens is 216 g/mol. The third-order valence-electron chi connectivity index (χ3n) is 0.301. The predicted molar refractivity (Wildman–Crippen MR) is 40.6 cm³/mol. The maximum atomic E-state index is 11.3. The lowest BCUT2D eigenvalue weighted by atomic mass is 10.9. The molecule has 13 heavy (non-hydrogen) atoms. The quantitative estimate of drug-likeness (QED) is 0.546. The highest BCUT2D eigenvalue weighted by Crippen LogP contribution is 1.90. The first kappa shape index (κ1) is 18.4. The van der Waals surface area contributed by atoms with Crippen molar-refractivity contribution in [2.45, 2.75) is 6.92 Å². The fourth-order valence-corrected chi connectivity index (χ4v) is 0.393. The van der Waals surface area contributed by atoms with Crippen molar-refractivity contribution in [3.63, 3.8) is 0 Å². The van der Waals surface area contributed by atoms with Crippen LogP contribution in [0.25, 0.3) is 0 Å². The molecule has 0 atom stereocenters. The Kier molecular flexibility index (Phi) is 20.1. The summed E-state index contributed by atoms with van der Waals surface area (Å²) in [5.41, 5.74) is 0. The summed E-state index contributed by atoms with van der Waals surface area (Å²) in [4.78, 5) is 0. The predicted octanol–water partition coefficient (Wildman–Crippen LogP) is 1.75. The zero-order valence-electron chi connectivity index (χ0n) is 7.27. The Morgan fingerprint density at radius 2 is 1.54 bits per heavy atom. The van der Waals surface area contributed by atoms with Crippen LogP contribution >= 0.6 is 0 Å². The molecule has 0 aliphatic rings. The van der Waals surface area contributed by atoms with E-state index in [-0.39, 0.29) is 6.67 Å². The summed E-state index contributed by atoms with van der Waals surface area (Å²) in [5, 5.41) is 0. The molecule has 0 saturated heterocycles. The van der Waals surface area contributed by atoms with E-state index >= 15 is 0 Å². The number of alkyl halides is 3. The molecule has 0 aromatic carbocycles. The topological polar surface area (TPSA) is 43.4 Å². The fourth-order valence-electron chi connectivity index (χ4n) is 0.131. The molecule has 0 rings (SSSR count). The van der Waals surface area contributed by atoms with E-state index in [2.05, 4.69) is 4.74 Å². The maximum absolute atomic E-state index is 11.3. The zero-order valence-corrected chi connectivity index (χ0v) is 8.08. The number of halogens is 4. The van der Waals surface area contributed by atoms with Crippen LogP contribution < -0.4 is 0 Å². The van der Waals surface area contributed by atoms with Crippen molar-refractivity contribution in [2.24, 2.45) is 0 Å². The average Bonchev–Trinajstić information content (AvgIpc) is 2.05. The highest BCUT2D eigenvalue weighted by atomic mass is 32.3. The summed E-state index contributed by atoms with van der Waals surface area (Å²) < 4.78 is 64.4. The first-order valence-corrected chi connectivity index (χ1v) is 4.53. The molecule has 0 amide bonds. The van der Waals surface area contributed by atoms with Gasteiger partial charge in [0, 0.05) is 0 Å². The van der Waals surface area contributed by atoms with Crippen molar-refractivity contribution < 1.29 is 30.2 Å². The summed E-state index contributed by atoms with van der Waals surface area (Å²) in [6.45, 7) is -0.0802. The van der Waals surface area contributed by atoms with Crippen molar-refractivity contribution in [3.8, 4) is 0 Å². The molecule has 0 heterocycles. The van der Waals surface area contributed by atoms with Gasteiger partial charge in [-0.3, -0.25) is 8.78 Å². The van der Waals surface area contributed by atoms with Crippen LogP contribution in [0.2, 0.25) is 0 Å². The zero-order chi connectivity index (χ0) is 11.3. The van der Waals surface area contributed by atoms with E-state index in [1.165, 1.54) is 6.92 Å². The maximum Gasteiger partial charge on any atom is 0.326 e. The number of rotatable bonds is 3. The highest BCUT2D eigenvalue weighted by molar-refractivity contribution is 7.86. The lowest BCUT2D eigenvalue weighted by Gasteiger charge is -1.89. The summed E-state index contributed by atoms with van der Waals surface area (Å²) in [6, 6.07) is 0. The normalized spacial score (nSPS) is 9.08. The van der Waals surface area contributed by atoms with Gasteiger partial charge in [-0.05, 0) is 6.92 Å². The minimum atomic E-state index is -4.65. The Bertz CT molecular complexity index is 159. The molecule has 8 heteroatoms. The molecular formula is C5H12F4O3S. The highest BCUT2D eigenvalue weighted by Gasteiger charge is 2.04. The SMILES string of the molecule is CCF.CF.O=S(=O)(F)COCF. The summed E-state index contributed by atoms with van der Waals surface area (Å²) in [7, 11) is -4.15. The van der Waals surface area contributed by atoms with Gasteiger partial charge in [0.1, 0.15) is 0 Å². The van der Waals surface area contributed by atoms with Crippen LogP contribution in [0.5, 0.6) is 0 Å². The molecule has 0 radical (unpaired) electrons. The fraction of sp³-hybridized carbons (Fsp3) is 1.00. The van der Waals surface area contributed by atoms with Gasteiger partial charge in [-0.2, -0.15) is 8.42 Å². The smallest absolute Gasteiger partial charge is 0.326 e. The molecule has 0 unspecified atom stereocenters. The lowest BCUT2D eigenvalue weighted by molar-refractivity contribution is 0.0868. The number of hydrogen-bond acceptors (Lipinski definition) is 3. The van der Waals surface area contributed by atoms with Crippen LogP contribution in [0, 0.1) is 0 Å². The van der Waals surface area contributed by atoms with Crippen molar-refractivity contribution in [1.29, 1.82) is 0 Å². The number of ether oxygens (including phenoxy) is 1. The molecule has 0 fully saturated rings. The minimum Gasteiger partial charge on any atom is -0.332 e. The van der Waals surface area contributed by atoms with Crippen molar-refractivity contribution in [2.75, 3.05) is 26.7 Å². The Balaban J connectivity index is -0.000000169. The van der Waals surface area contributed by atoms with E-state index in [9.17, 15) is 25.5 Å². The molecule has 0 N–H and O–H groups in total. The van der Waals surface area contributed by atoms with Crippen LogP contribution in [0.4, 0.5) is 17.1 Å². The Labute approximate surface area is 74.9 Å². The van der Waals surface area contributed by atoms with Gasteiger partial charge in [0.05, 0.1) is 13.9 Å². The summed E-state index contributed by atoms with van der Waals surface area (Å²) in [6.07, 6.45) is 0. The first-order chi connectivity index (χ1) is 5.97. The largest absolute Gasteiger partial charge is 0.332 e. The van der Waals surface area contributed by atoms with E-state index in [1.54, 1.807) is 0 Å². The van der Waals surface area contributed by atoms with E-state index in [4.69, 9.17) is 0 Å². The second-order valence-electron chi connectivity index (χ2n) is 1.24. The van der Waals surface area contributed by atoms with Crippen LogP contribution in [0.3, 0.4) is 0 Å². The van der Waals surface area contributed by atoms with Crippen LogP contribution in [0.15, 0.2) is 0 Å². The average molecular weight is 228 g/mol. The van der Waals surface area contributed by atoms with Crippen LogP contribution in [-0.4, -0.2) is 35.1 Å². The van der Waals surface area contributed by atoms with Gasteiger partial charge >= 0.3 is 10.2 Å². The molecule has 0 aliphatic carbocycles. The third-order valence-corrected chi connectivity index (χ3v) is 0.749. The van der Waals surface area contributed by atoms with Crippen molar-refractivity contribution >= 4 is 10.2 Å². The first-order valence-electron chi connectivity index (χ1n) is 2.97. The van der Waals surface area contributed by atoms with Gasteiger partial charge in [-0.25, -0.2) is 4.39 Å². The van der Waals surface area contributed by atoms with Gasteiger partial charge in [0.25, 0.3) is 0 Å². The standard InChI is InChI=1S/C2H4F2O3S.C2H5F.CH3F/c3-1-7-2-8(4,5)6;1-2-3;1-2/h1-2H2;2H2,1H3;1H3. The Morgan fingerprint density at radius 3 is 1.62 bits per heavy atom. The van der Waals surface area contributed by atoms with E-state index in [0.717, 1.165) is 0 Å². The van der Waals surface area contributed by atoms with Crippen molar-refractivity contribution in [1.82, 2.24) is 0 Å². The lowest BCUT2D eigenvalue weighted by Crippen LogP contribution is -2.01. The van der Waals surface area contributed by atoms with E-state index in [1.807, 2.05) is 0 Å². The van der Waals surface area contributed by atoms with Crippen LogP contribution in [0.1, 0.15) is 6.92 Å². The second-order valence-corrected chi connectivity index (χ2v) is 2.55. The summed E-state index contributed by atoms with van der Waals surface area (Å²) in [5.74, 6) is -1.20. The molecule has 3 nitrogen and oxygen atoms in total. The second kappa shape index (κ2) is 14.2. The van der Waals surface area contributed by atoms with E-state index in [0.29, 0.717) is 7.18 Å². The molecule has 0 aromatic rings. The molecule has 0 spiro atoms. The minimum absolute atomic E-state index is 0.250. The summed E-state index contributed by atoms with van der Waals surface area (Å²) >= 11 is 0. The van der Waals surface area contributed by atoms with Crippen LogP contribution in [-0.2, 0) is 15.0 Å². The van der Waals surface area contributed by atoms with Gasteiger partial charge in [0.15, 0.2) is 12.8 Å². The van der Waals surface area contributed by atoms with Crippen molar-refractivity contribution in [3.05, 3.63) is 0 Å². The molecule has 0 bridgehead atoms. The van der Waals surface area contributed by atoms with Gasteiger partial charge in [-0.15, -0.1) is 3.89 Å². The van der Waals surface area contributed by atoms with Gasteiger partial charge < -0.3 is 4.74 Å². The molecule has 84 valence electrons. The monoisotopic (exact) mass is 228 g/mol.